The minimum atomic E-state index is -0.0345. The topological polar surface area (TPSA) is 53.8 Å². The fourth-order valence-electron chi connectivity index (χ4n) is 1.32. The van der Waals surface area contributed by atoms with Crippen LogP contribution in [0.2, 0.25) is 0 Å². The Hall–Kier alpha value is -1.99. The fourth-order valence-corrected chi connectivity index (χ4v) is 2.05. The van der Waals surface area contributed by atoms with Crippen molar-refractivity contribution in [1.82, 2.24) is 4.98 Å². The minimum absolute atomic E-state index is 0.0345. The van der Waals surface area contributed by atoms with Gasteiger partial charge in [0.15, 0.2) is 10.8 Å². The van der Waals surface area contributed by atoms with E-state index in [0.29, 0.717) is 10.6 Å². The predicted octanol–water partition coefficient (Wildman–Crippen LogP) is 2.88. The fraction of sp³-hybridized carbons (Fsp3) is 0.0833. The molecule has 0 unspecified atom stereocenters. The highest BCUT2D eigenvalue weighted by molar-refractivity contribution is 7.12. The lowest BCUT2D eigenvalue weighted by molar-refractivity contribution is 0.101. The van der Waals surface area contributed by atoms with E-state index in [1.807, 2.05) is 11.4 Å². The molecule has 0 aliphatic rings. The molecule has 4 heteroatoms. The van der Waals surface area contributed by atoms with Crippen molar-refractivity contribution in [2.24, 2.45) is 0 Å². The van der Waals surface area contributed by atoms with Crippen LogP contribution in [0.3, 0.4) is 0 Å². The molecule has 1 aromatic heterocycles. The van der Waals surface area contributed by atoms with Gasteiger partial charge in [0.05, 0.1) is 17.3 Å². The Kier molecular flexibility index (Phi) is 2.80. The van der Waals surface area contributed by atoms with Crippen molar-refractivity contribution < 1.29 is 4.79 Å². The van der Waals surface area contributed by atoms with Crippen molar-refractivity contribution in [3.8, 4) is 17.3 Å². The lowest BCUT2D eigenvalue weighted by atomic mass is 10.1. The van der Waals surface area contributed by atoms with Crippen LogP contribution >= 0.6 is 11.3 Å². The largest absolute Gasteiger partial charge is 0.292 e. The zero-order valence-corrected chi connectivity index (χ0v) is 9.41. The second kappa shape index (κ2) is 4.25. The first-order valence-corrected chi connectivity index (χ1v) is 5.55. The molecule has 0 saturated carbocycles. The van der Waals surface area contributed by atoms with E-state index in [2.05, 4.69) is 11.1 Å². The Bertz CT molecular complexity index is 581. The molecule has 0 bridgehead atoms. The molecule has 0 atom stereocenters. The van der Waals surface area contributed by atoms with E-state index in [9.17, 15) is 4.79 Å². The van der Waals surface area contributed by atoms with Crippen molar-refractivity contribution >= 4 is 17.1 Å². The van der Waals surface area contributed by atoms with E-state index in [1.54, 1.807) is 18.2 Å². The van der Waals surface area contributed by atoms with Crippen LogP contribution in [0, 0.1) is 11.3 Å². The maximum Gasteiger partial charge on any atom is 0.188 e. The number of ketones is 1. The third kappa shape index (κ3) is 2.00. The van der Waals surface area contributed by atoms with E-state index in [0.717, 1.165) is 11.3 Å². The van der Waals surface area contributed by atoms with Gasteiger partial charge in [0.25, 0.3) is 0 Å². The Labute approximate surface area is 97.0 Å². The third-order valence-corrected chi connectivity index (χ3v) is 3.04. The number of benzene rings is 1. The molecule has 0 spiro atoms. The standard InChI is InChI=1S/C12H8N2OS/c1-8(15)12-14-11(7-16-12)10-4-2-3-9(5-10)6-13/h2-5,7H,1H3. The zero-order valence-electron chi connectivity index (χ0n) is 8.60. The van der Waals surface area contributed by atoms with Crippen LogP contribution < -0.4 is 0 Å². The number of thiazole rings is 1. The van der Waals surface area contributed by atoms with Gasteiger partial charge >= 0.3 is 0 Å². The Morgan fingerprint density at radius 3 is 2.94 bits per heavy atom. The van der Waals surface area contributed by atoms with Crippen LogP contribution in [-0.4, -0.2) is 10.8 Å². The van der Waals surface area contributed by atoms with E-state index in [4.69, 9.17) is 5.26 Å². The predicted molar refractivity (Wildman–Crippen MR) is 62.3 cm³/mol. The molecule has 16 heavy (non-hydrogen) atoms. The van der Waals surface area contributed by atoms with E-state index < -0.39 is 0 Å². The molecule has 0 aliphatic carbocycles. The van der Waals surface area contributed by atoms with E-state index in [-0.39, 0.29) is 5.78 Å². The number of carbonyl (C=O) groups is 1. The average molecular weight is 228 g/mol. The van der Waals surface area contributed by atoms with Gasteiger partial charge < -0.3 is 0 Å². The summed E-state index contributed by atoms with van der Waals surface area (Å²) in [4.78, 5) is 15.3. The van der Waals surface area contributed by atoms with Gasteiger partial charge in [-0.3, -0.25) is 4.79 Å². The summed E-state index contributed by atoms with van der Waals surface area (Å²) in [6.45, 7) is 1.49. The number of aromatic nitrogens is 1. The van der Waals surface area contributed by atoms with Crippen LogP contribution in [0.4, 0.5) is 0 Å². The molecule has 0 amide bonds. The molecule has 0 radical (unpaired) electrons. The maximum atomic E-state index is 11.1. The summed E-state index contributed by atoms with van der Waals surface area (Å²) < 4.78 is 0. The molecule has 1 aromatic carbocycles. The Morgan fingerprint density at radius 1 is 1.50 bits per heavy atom. The van der Waals surface area contributed by atoms with E-state index in [1.165, 1.54) is 18.3 Å². The van der Waals surface area contributed by atoms with Crippen LogP contribution in [0.1, 0.15) is 22.3 Å². The van der Waals surface area contributed by atoms with Crippen molar-refractivity contribution in [3.05, 3.63) is 40.2 Å². The molecule has 0 saturated heterocycles. The number of hydrogen-bond donors (Lipinski definition) is 0. The summed E-state index contributed by atoms with van der Waals surface area (Å²) in [5.41, 5.74) is 2.20. The SMILES string of the molecule is CC(=O)c1nc(-c2cccc(C#N)c2)cs1. The van der Waals surface area contributed by atoms with Crippen LogP contribution in [-0.2, 0) is 0 Å². The number of rotatable bonds is 2. The molecule has 2 aromatic rings. The average Bonchev–Trinajstić information content (AvgIpc) is 2.78. The first-order valence-electron chi connectivity index (χ1n) is 4.67. The molecular weight excluding hydrogens is 220 g/mol. The summed E-state index contributed by atoms with van der Waals surface area (Å²) in [6, 6.07) is 9.26. The van der Waals surface area contributed by atoms with Gasteiger partial charge in [0.1, 0.15) is 0 Å². The summed E-state index contributed by atoms with van der Waals surface area (Å²) in [6.07, 6.45) is 0. The third-order valence-electron chi connectivity index (χ3n) is 2.09. The van der Waals surface area contributed by atoms with E-state index >= 15 is 0 Å². The van der Waals surface area contributed by atoms with Gasteiger partial charge in [-0.05, 0) is 12.1 Å². The normalized spacial score (nSPS) is 9.75. The highest BCUT2D eigenvalue weighted by Gasteiger charge is 2.07. The number of carbonyl (C=O) groups excluding carboxylic acids is 1. The molecule has 1 heterocycles. The molecular formula is C12H8N2OS. The summed E-state index contributed by atoms with van der Waals surface area (Å²) in [5, 5.41) is 11.1. The summed E-state index contributed by atoms with van der Waals surface area (Å²) in [7, 11) is 0. The summed E-state index contributed by atoms with van der Waals surface area (Å²) in [5.74, 6) is -0.0345. The first-order chi connectivity index (χ1) is 7.70. The van der Waals surface area contributed by atoms with Crippen LogP contribution in [0.5, 0.6) is 0 Å². The Balaban J connectivity index is 2.43. The van der Waals surface area contributed by atoms with Crippen molar-refractivity contribution in [2.75, 3.05) is 0 Å². The van der Waals surface area contributed by atoms with Crippen molar-refractivity contribution in [2.45, 2.75) is 6.92 Å². The van der Waals surface area contributed by atoms with Crippen LogP contribution in [0.15, 0.2) is 29.6 Å². The second-order valence-electron chi connectivity index (χ2n) is 3.29. The molecule has 0 aliphatic heterocycles. The molecule has 3 nitrogen and oxygen atoms in total. The van der Waals surface area contributed by atoms with Gasteiger partial charge in [-0.25, -0.2) is 4.98 Å². The lowest BCUT2D eigenvalue weighted by Crippen LogP contribution is -1.89. The van der Waals surface area contributed by atoms with Crippen molar-refractivity contribution in [1.29, 1.82) is 5.26 Å². The van der Waals surface area contributed by atoms with Gasteiger partial charge in [-0.1, -0.05) is 12.1 Å². The number of Topliss-reactive ketones (excluding diaryl/α,β-unsaturated/α-hetero) is 1. The van der Waals surface area contributed by atoms with Gasteiger partial charge in [-0.15, -0.1) is 11.3 Å². The van der Waals surface area contributed by atoms with Gasteiger partial charge in [0.2, 0.25) is 0 Å². The molecule has 78 valence electrons. The quantitative estimate of drug-likeness (QED) is 0.742. The van der Waals surface area contributed by atoms with Gasteiger partial charge in [-0.2, -0.15) is 5.26 Å². The second-order valence-corrected chi connectivity index (χ2v) is 4.14. The van der Waals surface area contributed by atoms with Gasteiger partial charge in [0, 0.05) is 17.9 Å². The zero-order chi connectivity index (χ0) is 11.5. The van der Waals surface area contributed by atoms with Crippen molar-refractivity contribution in [3.63, 3.8) is 0 Å². The number of hydrogen-bond acceptors (Lipinski definition) is 4. The monoisotopic (exact) mass is 228 g/mol. The summed E-state index contributed by atoms with van der Waals surface area (Å²) >= 11 is 1.32. The molecule has 2 rings (SSSR count). The lowest BCUT2D eigenvalue weighted by Gasteiger charge is -1.96. The highest BCUT2D eigenvalue weighted by Crippen LogP contribution is 2.22. The first kappa shape index (κ1) is 10.5. The number of nitrogens with zero attached hydrogens (tertiary/aromatic N) is 2. The number of nitriles is 1. The Morgan fingerprint density at radius 2 is 2.31 bits per heavy atom. The smallest absolute Gasteiger partial charge is 0.188 e. The highest BCUT2D eigenvalue weighted by atomic mass is 32.1. The molecule has 0 fully saturated rings. The maximum absolute atomic E-state index is 11.1. The van der Waals surface area contributed by atoms with Crippen LogP contribution in [0.25, 0.3) is 11.3 Å². The minimum Gasteiger partial charge on any atom is -0.292 e. The molecule has 0 N–H and O–H groups in total.